The first-order valence-electron chi connectivity index (χ1n) is 7.87. The van der Waals surface area contributed by atoms with Crippen molar-refractivity contribution in [1.82, 2.24) is 15.1 Å². The molecule has 0 saturated heterocycles. The molecule has 0 spiro atoms. The van der Waals surface area contributed by atoms with Crippen LogP contribution in [0.1, 0.15) is 28.9 Å². The first-order chi connectivity index (χ1) is 11.5. The molecular weight excluding hydrogens is 326 g/mol. The topological polar surface area (TPSA) is 67.2 Å². The molecule has 2 N–H and O–H groups in total. The van der Waals surface area contributed by atoms with Gasteiger partial charge in [-0.25, -0.2) is 0 Å². The van der Waals surface area contributed by atoms with Crippen LogP contribution in [0.3, 0.4) is 0 Å². The molecule has 0 aliphatic rings. The van der Waals surface area contributed by atoms with E-state index in [1.807, 2.05) is 42.8 Å². The van der Waals surface area contributed by atoms with E-state index in [9.17, 15) is 4.79 Å². The predicted octanol–water partition coefficient (Wildman–Crippen LogP) is 2.71. The van der Waals surface area contributed by atoms with Crippen LogP contribution in [0.2, 0.25) is 5.02 Å². The minimum Gasteiger partial charge on any atom is -0.396 e. The lowest BCUT2D eigenvalue weighted by Gasteiger charge is -2.06. The molecule has 2 aromatic rings. The van der Waals surface area contributed by atoms with E-state index in [1.165, 1.54) is 6.08 Å². The maximum absolute atomic E-state index is 11.7. The number of amides is 1. The van der Waals surface area contributed by atoms with E-state index in [-0.39, 0.29) is 12.5 Å². The number of hydrogen-bond acceptors (Lipinski definition) is 3. The number of carbonyl (C=O) groups excluding carboxylic acids is 1. The van der Waals surface area contributed by atoms with Crippen molar-refractivity contribution in [1.29, 1.82) is 0 Å². The van der Waals surface area contributed by atoms with Crippen molar-refractivity contribution in [2.75, 3.05) is 13.2 Å². The highest BCUT2D eigenvalue weighted by Gasteiger charge is 2.11. The number of nitrogens with zero attached hydrogens (tertiary/aromatic N) is 2. The third kappa shape index (κ3) is 4.69. The summed E-state index contributed by atoms with van der Waals surface area (Å²) in [6.45, 7) is 5.00. The van der Waals surface area contributed by atoms with Gasteiger partial charge in [-0.2, -0.15) is 5.10 Å². The molecule has 0 radical (unpaired) electrons. The number of rotatable bonds is 7. The monoisotopic (exact) mass is 347 g/mol. The first-order valence-corrected chi connectivity index (χ1v) is 8.25. The number of aromatic nitrogens is 2. The number of halogens is 1. The van der Waals surface area contributed by atoms with Gasteiger partial charge in [0.15, 0.2) is 0 Å². The Balaban J connectivity index is 2.11. The number of aliphatic hydroxyl groups excluding tert-OH is 1. The highest BCUT2D eigenvalue weighted by Crippen LogP contribution is 2.20. The molecule has 1 aromatic heterocycles. The number of hydrogen-bond donors (Lipinski definition) is 2. The second kappa shape index (κ2) is 8.66. The highest BCUT2D eigenvalue weighted by atomic mass is 35.5. The Kier molecular flexibility index (Phi) is 6.58. The average Bonchev–Trinajstić information content (AvgIpc) is 2.82. The summed E-state index contributed by atoms with van der Waals surface area (Å²) in [4.78, 5) is 11.7. The van der Waals surface area contributed by atoms with E-state index in [4.69, 9.17) is 16.7 Å². The van der Waals surface area contributed by atoms with Crippen LogP contribution in [-0.2, 0) is 11.3 Å². The summed E-state index contributed by atoms with van der Waals surface area (Å²) in [5.74, 6) is -0.180. The van der Waals surface area contributed by atoms with Crippen LogP contribution in [0.4, 0.5) is 0 Å². The summed E-state index contributed by atoms with van der Waals surface area (Å²) >= 11 is 6.21. The second-order valence-electron chi connectivity index (χ2n) is 5.54. The summed E-state index contributed by atoms with van der Waals surface area (Å²) in [6.07, 6.45) is 3.82. The van der Waals surface area contributed by atoms with Gasteiger partial charge in [-0.1, -0.05) is 29.8 Å². The van der Waals surface area contributed by atoms with Crippen LogP contribution in [0.5, 0.6) is 0 Å². The normalized spacial score (nSPS) is 11.2. The van der Waals surface area contributed by atoms with Crippen LogP contribution in [-0.4, -0.2) is 33.9 Å². The van der Waals surface area contributed by atoms with E-state index in [0.29, 0.717) is 24.5 Å². The Bertz CT molecular complexity index is 738. The van der Waals surface area contributed by atoms with Gasteiger partial charge in [0.1, 0.15) is 0 Å². The first kappa shape index (κ1) is 18.2. The zero-order chi connectivity index (χ0) is 17.5. The molecule has 24 heavy (non-hydrogen) atoms. The minimum absolute atomic E-state index is 0.0665. The Hall–Kier alpha value is -2.11. The molecule has 0 unspecified atom stereocenters. The Morgan fingerprint density at radius 2 is 2.12 bits per heavy atom. The van der Waals surface area contributed by atoms with Crippen molar-refractivity contribution in [3.05, 3.63) is 57.9 Å². The lowest BCUT2D eigenvalue weighted by molar-refractivity contribution is -0.116. The van der Waals surface area contributed by atoms with Gasteiger partial charge in [0.2, 0.25) is 5.91 Å². The fraction of sp³-hybridized carbons (Fsp3) is 0.333. The molecule has 6 heteroatoms. The molecular formula is C18H22ClN3O2. The molecule has 0 aliphatic heterocycles. The molecule has 0 saturated carbocycles. The van der Waals surface area contributed by atoms with E-state index < -0.39 is 0 Å². The Labute approximate surface area is 146 Å². The van der Waals surface area contributed by atoms with E-state index in [0.717, 1.165) is 22.5 Å². The molecule has 0 bridgehead atoms. The molecule has 0 atom stereocenters. The zero-order valence-corrected chi connectivity index (χ0v) is 14.7. The number of carbonyl (C=O) groups is 1. The number of aliphatic hydroxyl groups is 1. The summed E-state index contributed by atoms with van der Waals surface area (Å²) in [5, 5.41) is 16.7. The molecule has 0 fully saturated rings. The van der Waals surface area contributed by atoms with Gasteiger partial charge in [0, 0.05) is 35.5 Å². The number of aryl methyl sites for hydroxylation is 1. The quantitative estimate of drug-likeness (QED) is 0.597. The van der Waals surface area contributed by atoms with Gasteiger partial charge >= 0.3 is 0 Å². The third-order valence-electron chi connectivity index (χ3n) is 3.75. The van der Waals surface area contributed by atoms with E-state index in [2.05, 4.69) is 10.4 Å². The third-order valence-corrected chi connectivity index (χ3v) is 4.12. The lowest BCUT2D eigenvalue weighted by atomic mass is 10.1. The van der Waals surface area contributed by atoms with Crippen LogP contribution in [0, 0.1) is 13.8 Å². The van der Waals surface area contributed by atoms with Gasteiger partial charge in [0.25, 0.3) is 0 Å². The Morgan fingerprint density at radius 3 is 2.83 bits per heavy atom. The molecule has 1 aromatic carbocycles. The largest absolute Gasteiger partial charge is 0.396 e. The molecule has 0 aliphatic carbocycles. The van der Waals surface area contributed by atoms with Crippen molar-refractivity contribution in [2.45, 2.75) is 26.8 Å². The van der Waals surface area contributed by atoms with Crippen LogP contribution in [0.15, 0.2) is 30.3 Å². The minimum atomic E-state index is -0.180. The van der Waals surface area contributed by atoms with Gasteiger partial charge in [-0.05, 0) is 38.0 Å². The number of nitrogens with one attached hydrogen (secondary N) is 1. The predicted molar refractivity (Wildman–Crippen MR) is 96.0 cm³/mol. The van der Waals surface area contributed by atoms with Crippen molar-refractivity contribution >= 4 is 23.6 Å². The standard InChI is InChI=1S/C18H22ClN3O2/c1-13-16(8-9-18(24)20-10-5-11-23)14(2)22(21-13)12-15-6-3-4-7-17(15)19/h3-4,6-9,23H,5,10-12H2,1-2H3,(H,20,24)/b9-8+. The zero-order valence-electron chi connectivity index (χ0n) is 13.9. The van der Waals surface area contributed by atoms with Crippen LogP contribution >= 0.6 is 11.6 Å². The maximum atomic E-state index is 11.7. The fourth-order valence-corrected chi connectivity index (χ4v) is 2.60. The van der Waals surface area contributed by atoms with Crippen molar-refractivity contribution in [2.24, 2.45) is 0 Å². The molecule has 2 rings (SSSR count). The smallest absolute Gasteiger partial charge is 0.244 e. The Morgan fingerprint density at radius 1 is 1.38 bits per heavy atom. The van der Waals surface area contributed by atoms with Crippen LogP contribution < -0.4 is 5.32 Å². The molecule has 5 nitrogen and oxygen atoms in total. The van der Waals surface area contributed by atoms with Gasteiger partial charge in [-0.3, -0.25) is 9.48 Å². The summed E-state index contributed by atoms with van der Waals surface area (Å²) in [7, 11) is 0. The maximum Gasteiger partial charge on any atom is 0.244 e. The second-order valence-corrected chi connectivity index (χ2v) is 5.94. The molecule has 128 valence electrons. The van der Waals surface area contributed by atoms with Crippen molar-refractivity contribution in [3.8, 4) is 0 Å². The van der Waals surface area contributed by atoms with Crippen LogP contribution in [0.25, 0.3) is 6.08 Å². The van der Waals surface area contributed by atoms with Gasteiger partial charge < -0.3 is 10.4 Å². The SMILES string of the molecule is Cc1nn(Cc2ccccc2Cl)c(C)c1/C=C/C(=O)NCCCO. The van der Waals surface area contributed by atoms with Crippen molar-refractivity contribution < 1.29 is 9.90 Å². The number of benzene rings is 1. The highest BCUT2D eigenvalue weighted by molar-refractivity contribution is 6.31. The van der Waals surface area contributed by atoms with Gasteiger partial charge in [-0.15, -0.1) is 0 Å². The molecule has 1 heterocycles. The summed E-state index contributed by atoms with van der Waals surface area (Å²) < 4.78 is 1.89. The average molecular weight is 348 g/mol. The lowest BCUT2D eigenvalue weighted by Crippen LogP contribution is -2.22. The van der Waals surface area contributed by atoms with Crippen molar-refractivity contribution in [3.63, 3.8) is 0 Å². The van der Waals surface area contributed by atoms with Gasteiger partial charge in [0.05, 0.1) is 12.2 Å². The molecule has 1 amide bonds. The fourth-order valence-electron chi connectivity index (χ4n) is 2.40. The summed E-state index contributed by atoms with van der Waals surface area (Å²) in [5.41, 5.74) is 3.77. The van der Waals surface area contributed by atoms with E-state index >= 15 is 0 Å². The van der Waals surface area contributed by atoms with E-state index in [1.54, 1.807) is 6.08 Å². The summed E-state index contributed by atoms with van der Waals surface area (Å²) in [6, 6.07) is 7.68.